The van der Waals surface area contributed by atoms with E-state index in [1.807, 2.05) is 68.4 Å². The van der Waals surface area contributed by atoms with Crippen molar-refractivity contribution in [3.05, 3.63) is 89.0 Å². The molecule has 1 aromatic carbocycles. The number of benzene rings is 1. The van der Waals surface area contributed by atoms with Gasteiger partial charge in [-0.2, -0.15) is 0 Å². The van der Waals surface area contributed by atoms with Crippen LogP contribution >= 0.6 is 0 Å². The van der Waals surface area contributed by atoms with Gasteiger partial charge in [0.25, 0.3) is 5.91 Å². The van der Waals surface area contributed by atoms with Crippen molar-refractivity contribution in [3.8, 4) is 0 Å². The molecule has 3 rings (SSSR count). The molecule has 0 aliphatic carbocycles. The Morgan fingerprint density at radius 2 is 1.73 bits per heavy atom. The van der Waals surface area contributed by atoms with Gasteiger partial charge < -0.3 is 9.88 Å². The first-order valence-electron chi connectivity index (χ1n) is 8.94. The SMILES string of the molecule is Cc1cc(C(=O)NC(c2ccccc2)c2ccccn2)c(C)n1C(C)C. The number of pyridine rings is 1. The summed E-state index contributed by atoms with van der Waals surface area (Å²) in [6, 6.07) is 17.7. The van der Waals surface area contributed by atoms with Crippen molar-refractivity contribution >= 4 is 5.91 Å². The highest BCUT2D eigenvalue weighted by atomic mass is 16.1. The molecule has 0 saturated carbocycles. The molecule has 0 bridgehead atoms. The number of nitrogens with one attached hydrogen (secondary N) is 1. The third-order valence-corrected chi connectivity index (χ3v) is 4.64. The Morgan fingerprint density at radius 1 is 1.04 bits per heavy atom. The van der Waals surface area contributed by atoms with Crippen LogP contribution in [0.5, 0.6) is 0 Å². The lowest BCUT2D eigenvalue weighted by Gasteiger charge is -2.19. The quantitative estimate of drug-likeness (QED) is 0.733. The van der Waals surface area contributed by atoms with E-state index in [9.17, 15) is 4.79 Å². The van der Waals surface area contributed by atoms with E-state index in [0.717, 1.165) is 22.6 Å². The van der Waals surface area contributed by atoms with E-state index in [2.05, 4.69) is 28.7 Å². The molecule has 1 N–H and O–H groups in total. The molecular weight excluding hydrogens is 322 g/mol. The van der Waals surface area contributed by atoms with Crippen molar-refractivity contribution in [2.45, 2.75) is 39.8 Å². The van der Waals surface area contributed by atoms with Crippen LogP contribution < -0.4 is 5.32 Å². The Balaban J connectivity index is 1.95. The number of aryl methyl sites for hydroxylation is 1. The van der Waals surface area contributed by atoms with Crippen molar-refractivity contribution in [1.82, 2.24) is 14.9 Å². The molecule has 1 unspecified atom stereocenters. The fourth-order valence-electron chi connectivity index (χ4n) is 3.53. The van der Waals surface area contributed by atoms with Crippen LogP contribution in [-0.2, 0) is 0 Å². The van der Waals surface area contributed by atoms with Crippen LogP contribution in [0.1, 0.15) is 58.9 Å². The number of hydrogen-bond donors (Lipinski definition) is 1. The molecule has 0 radical (unpaired) electrons. The average molecular weight is 347 g/mol. The number of aromatic nitrogens is 2. The monoisotopic (exact) mass is 347 g/mol. The number of amides is 1. The molecule has 0 saturated heterocycles. The minimum absolute atomic E-state index is 0.0792. The summed E-state index contributed by atoms with van der Waals surface area (Å²) in [5.41, 5.74) is 4.63. The first-order valence-corrected chi connectivity index (χ1v) is 8.94. The summed E-state index contributed by atoms with van der Waals surface area (Å²) in [6.45, 7) is 8.29. The molecule has 1 amide bonds. The van der Waals surface area contributed by atoms with Crippen molar-refractivity contribution < 1.29 is 4.79 Å². The van der Waals surface area contributed by atoms with Crippen molar-refractivity contribution in [1.29, 1.82) is 0 Å². The molecule has 2 aromatic heterocycles. The van der Waals surface area contributed by atoms with Gasteiger partial charge in [0.15, 0.2) is 0 Å². The Morgan fingerprint density at radius 3 is 2.31 bits per heavy atom. The average Bonchev–Trinajstić information content (AvgIpc) is 2.95. The number of carbonyl (C=O) groups is 1. The van der Waals surface area contributed by atoms with Crippen LogP contribution in [0.25, 0.3) is 0 Å². The molecular formula is C22H25N3O. The maximum Gasteiger partial charge on any atom is 0.253 e. The Bertz CT molecular complexity index is 843. The highest BCUT2D eigenvalue weighted by Gasteiger charge is 2.22. The molecule has 0 spiro atoms. The summed E-state index contributed by atoms with van der Waals surface area (Å²) in [7, 11) is 0. The summed E-state index contributed by atoms with van der Waals surface area (Å²) in [5, 5.41) is 3.17. The third-order valence-electron chi connectivity index (χ3n) is 4.64. The second-order valence-electron chi connectivity index (χ2n) is 6.82. The fraction of sp³-hybridized carbons (Fsp3) is 0.273. The third kappa shape index (κ3) is 3.54. The number of hydrogen-bond acceptors (Lipinski definition) is 2. The Kier molecular flexibility index (Phi) is 5.21. The summed E-state index contributed by atoms with van der Waals surface area (Å²) >= 11 is 0. The summed E-state index contributed by atoms with van der Waals surface area (Å²) < 4.78 is 2.19. The van der Waals surface area contributed by atoms with E-state index in [0.29, 0.717) is 11.6 Å². The molecule has 4 nitrogen and oxygen atoms in total. The predicted octanol–water partition coefficient (Wildman–Crippen LogP) is 4.60. The summed E-state index contributed by atoms with van der Waals surface area (Å²) in [6.07, 6.45) is 1.75. The van der Waals surface area contributed by atoms with Gasteiger partial charge in [0, 0.05) is 23.6 Å². The van der Waals surface area contributed by atoms with Gasteiger partial charge in [0.1, 0.15) is 0 Å². The number of carbonyl (C=O) groups excluding carboxylic acids is 1. The van der Waals surface area contributed by atoms with Gasteiger partial charge >= 0.3 is 0 Å². The lowest BCUT2D eigenvalue weighted by Crippen LogP contribution is -2.30. The lowest BCUT2D eigenvalue weighted by atomic mass is 10.0. The highest BCUT2D eigenvalue weighted by molar-refractivity contribution is 5.96. The first kappa shape index (κ1) is 17.9. The topological polar surface area (TPSA) is 46.9 Å². The van der Waals surface area contributed by atoms with Crippen LogP contribution in [0.4, 0.5) is 0 Å². The molecule has 3 aromatic rings. The number of nitrogens with zero attached hydrogens (tertiary/aromatic N) is 2. The molecule has 26 heavy (non-hydrogen) atoms. The molecule has 0 aliphatic rings. The van der Waals surface area contributed by atoms with Gasteiger partial charge in [-0.15, -0.1) is 0 Å². The minimum atomic E-state index is -0.285. The molecule has 4 heteroatoms. The maximum atomic E-state index is 13.1. The predicted molar refractivity (Wildman–Crippen MR) is 104 cm³/mol. The van der Waals surface area contributed by atoms with E-state index in [1.54, 1.807) is 6.20 Å². The standard InChI is InChI=1S/C22H25N3O/c1-15(2)25-16(3)14-19(17(25)4)22(26)24-21(18-10-6-5-7-11-18)20-12-8-9-13-23-20/h5-15,21H,1-4H3,(H,24,26). The van der Waals surface area contributed by atoms with Gasteiger partial charge in [-0.1, -0.05) is 36.4 Å². The van der Waals surface area contributed by atoms with Crippen LogP contribution in [-0.4, -0.2) is 15.5 Å². The smallest absolute Gasteiger partial charge is 0.253 e. The second-order valence-corrected chi connectivity index (χ2v) is 6.82. The molecule has 1 atom stereocenters. The van der Waals surface area contributed by atoms with Crippen molar-refractivity contribution in [3.63, 3.8) is 0 Å². The molecule has 134 valence electrons. The summed E-state index contributed by atoms with van der Waals surface area (Å²) in [4.78, 5) is 17.5. The highest BCUT2D eigenvalue weighted by Crippen LogP contribution is 2.24. The van der Waals surface area contributed by atoms with E-state index < -0.39 is 0 Å². The van der Waals surface area contributed by atoms with Gasteiger partial charge in [-0.25, -0.2) is 0 Å². The second kappa shape index (κ2) is 7.56. The normalized spacial score (nSPS) is 12.2. The Labute approximate surface area is 154 Å². The number of rotatable bonds is 5. The zero-order valence-corrected chi connectivity index (χ0v) is 15.7. The molecule has 0 fully saturated rings. The van der Waals surface area contributed by atoms with E-state index >= 15 is 0 Å². The zero-order chi connectivity index (χ0) is 18.7. The van der Waals surface area contributed by atoms with Crippen LogP contribution in [0.15, 0.2) is 60.8 Å². The van der Waals surface area contributed by atoms with Crippen LogP contribution in [0.3, 0.4) is 0 Å². The Hall–Kier alpha value is -2.88. The van der Waals surface area contributed by atoms with Gasteiger partial charge in [0.2, 0.25) is 0 Å². The first-order chi connectivity index (χ1) is 12.5. The van der Waals surface area contributed by atoms with Crippen molar-refractivity contribution in [2.75, 3.05) is 0 Å². The largest absolute Gasteiger partial charge is 0.346 e. The van der Waals surface area contributed by atoms with Crippen molar-refractivity contribution in [2.24, 2.45) is 0 Å². The van der Waals surface area contributed by atoms with Gasteiger partial charge in [-0.05, 0) is 51.5 Å². The van der Waals surface area contributed by atoms with E-state index in [-0.39, 0.29) is 11.9 Å². The van der Waals surface area contributed by atoms with Crippen LogP contribution in [0, 0.1) is 13.8 Å². The van der Waals surface area contributed by atoms with Crippen LogP contribution in [0.2, 0.25) is 0 Å². The zero-order valence-electron chi connectivity index (χ0n) is 15.7. The molecule has 0 aliphatic heterocycles. The van der Waals surface area contributed by atoms with Gasteiger partial charge in [0.05, 0.1) is 17.3 Å². The summed E-state index contributed by atoms with van der Waals surface area (Å²) in [5.74, 6) is -0.0792. The lowest BCUT2D eigenvalue weighted by molar-refractivity contribution is 0.0941. The fourth-order valence-corrected chi connectivity index (χ4v) is 3.53. The minimum Gasteiger partial charge on any atom is -0.346 e. The molecule has 2 heterocycles. The van der Waals surface area contributed by atoms with E-state index in [1.165, 1.54) is 0 Å². The maximum absolute atomic E-state index is 13.1. The van der Waals surface area contributed by atoms with E-state index in [4.69, 9.17) is 0 Å². The van der Waals surface area contributed by atoms with Gasteiger partial charge in [-0.3, -0.25) is 9.78 Å².